The second kappa shape index (κ2) is 6.41. The summed E-state index contributed by atoms with van der Waals surface area (Å²) < 4.78 is 0. The van der Waals surface area contributed by atoms with Crippen LogP contribution in [0.2, 0.25) is 0 Å². The Morgan fingerprint density at radius 3 is 2.59 bits per heavy atom. The number of amides is 1. The fourth-order valence-electron chi connectivity index (χ4n) is 4.09. The van der Waals surface area contributed by atoms with Gasteiger partial charge in [0, 0.05) is 19.6 Å². The fourth-order valence-corrected chi connectivity index (χ4v) is 4.09. The summed E-state index contributed by atoms with van der Waals surface area (Å²) in [7, 11) is 0. The molecule has 2 aliphatic heterocycles. The summed E-state index contributed by atoms with van der Waals surface area (Å²) in [6.07, 6.45) is 4.33. The second-order valence-corrected chi connectivity index (χ2v) is 6.97. The molecule has 2 saturated heterocycles. The molecule has 22 heavy (non-hydrogen) atoms. The first kappa shape index (κ1) is 15.5. The van der Waals surface area contributed by atoms with Crippen LogP contribution in [0.5, 0.6) is 0 Å². The Kier molecular flexibility index (Phi) is 4.53. The van der Waals surface area contributed by atoms with Crippen LogP contribution in [0.4, 0.5) is 0 Å². The molecule has 1 unspecified atom stereocenters. The fraction of sp³-hybridized carbons (Fsp3) is 0.632. The normalized spacial score (nSPS) is 26.6. The SMILES string of the molecule is CCN1CCC2(CCCN(Cc3ccccc3C)CC2)C1=O. The molecule has 1 aromatic carbocycles. The zero-order valence-corrected chi connectivity index (χ0v) is 14.0. The first-order valence-corrected chi connectivity index (χ1v) is 8.71. The number of carbonyl (C=O) groups excluding carboxylic acids is 1. The van der Waals surface area contributed by atoms with E-state index in [2.05, 4.69) is 47.9 Å². The van der Waals surface area contributed by atoms with Gasteiger partial charge in [0.05, 0.1) is 5.41 Å². The third-order valence-corrected chi connectivity index (χ3v) is 5.67. The van der Waals surface area contributed by atoms with Gasteiger partial charge in [-0.05, 0) is 63.7 Å². The molecule has 2 heterocycles. The average Bonchev–Trinajstić information content (AvgIpc) is 2.70. The molecule has 0 aliphatic carbocycles. The number of aryl methyl sites for hydroxylation is 1. The molecule has 2 fully saturated rings. The molecule has 3 heteroatoms. The van der Waals surface area contributed by atoms with Crippen molar-refractivity contribution in [1.29, 1.82) is 0 Å². The molecular weight excluding hydrogens is 272 g/mol. The molecule has 1 amide bonds. The van der Waals surface area contributed by atoms with Gasteiger partial charge >= 0.3 is 0 Å². The van der Waals surface area contributed by atoms with E-state index < -0.39 is 0 Å². The zero-order valence-electron chi connectivity index (χ0n) is 14.0. The van der Waals surface area contributed by atoms with Crippen LogP contribution in [0.15, 0.2) is 24.3 Å². The highest BCUT2D eigenvalue weighted by molar-refractivity contribution is 5.84. The van der Waals surface area contributed by atoms with E-state index >= 15 is 0 Å². The van der Waals surface area contributed by atoms with Crippen molar-refractivity contribution >= 4 is 5.91 Å². The quantitative estimate of drug-likeness (QED) is 0.856. The van der Waals surface area contributed by atoms with E-state index in [4.69, 9.17) is 0 Å². The number of benzene rings is 1. The van der Waals surface area contributed by atoms with Gasteiger partial charge in [0.25, 0.3) is 0 Å². The van der Waals surface area contributed by atoms with Crippen LogP contribution in [0.25, 0.3) is 0 Å². The van der Waals surface area contributed by atoms with Gasteiger partial charge in [0.2, 0.25) is 5.91 Å². The number of nitrogens with zero attached hydrogens (tertiary/aromatic N) is 2. The summed E-state index contributed by atoms with van der Waals surface area (Å²) in [5.74, 6) is 0.424. The maximum absolute atomic E-state index is 12.7. The van der Waals surface area contributed by atoms with E-state index in [1.807, 2.05) is 0 Å². The minimum Gasteiger partial charge on any atom is -0.342 e. The van der Waals surface area contributed by atoms with Gasteiger partial charge in [-0.25, -0.2) is 0 Å². The molecule has 3 nitrogen and oxygen atoms in total. The molecule has 0 bridgehead atoms. The van der Waals surface area contributed by atoms with Crippen LogP contribution in [-0.2, 0) is 11.3 Å². The van der Waals surface area contributed by atoms with E-state index in [1.165, 1.54) is 11.1 Å². The lowest BCUT2D eigenvalue weighted by atomic mass is 9.79. The van der Waals surface area contributed by atoms with E-state index in [9.17, 15) is 4.79 Å². The smallest absolute Gasteiger partial charge is 0.228 e. The summed E-state index contributed by atoms with van der Waals surface area (Å²) in [5.41, 5.74) is 2.75. The van der Waals surface area contributed by atoms with E-state index in [0.717, 1.165) is 58.4 Å². The number of rotatable bonds is 3. The largest absolute Gasteiger partial charge is 0.342 e. The van der Waals surface area contributed by atoms with Crippen LogP contribution < -0.4 is 0 Å². The van der Waals surface area contributed by atoms with Crippen LogP contribution in [-0.4, -0.2) is 41.9 Å². The maximum atomic E-state index is 12.7. The van der Waals surface area contributed by atoms with Crippen LogP contribution in [0, 0.1) is 12.3 Å². The lowest BCUT2D eigenvalue weighted by Gasteiger charge is -2.26. The molecule has 1 atom stereocenters. The van der Waals surface area contributed by atoms with Gasteiger partial charge in [-0.1, -0.05) is 24.3 Å². The predicted molar refractivity (Wildman–Crippen MR) is 89.6 cm³/mol. The molecule has 2 aliphatic rings. The lowest BCUT2D eigenvalue weighted by Crippen LogP contribution is -2.35. The zero-order chi connectivity index (χ0) is 15.6. The summed E-state index contributed by atoms with van der Waals surface area (Å²) in [6, 6.07) is 8.65. The Morgan fingerprint density at radius 2 is 1.86 bits per heavy atom. The average molecular weight is 300 g/mol. The third-order valence-electron chi connectivity index (χ3n) is 5.67. The monoisotopic (exact) mass is 300 g/mol. The van der Waals surface area contributed by atoms with Crippen molar-refractivity contribution in [3.63, 3.8) is 0 Å². The summed E-state index contributed by atoms with van der Waals surface area (Å²) in [6.45, 7) is 9.31. The number of hydrogen-bond acceptors (Lipinski definition) is 2. The third kappa shape index (κ3) is 2.91. The van der Waals surface area contributed by atoms with E-state index in [-0.39, 0.29) is 5.41 Å². The topological polar surface area (TPSA) is 23.6 Å². The Hall–Kier alpha value is -1.35. The van der Waals surface area contributed by atoms with Gasteiger partial charge in [-0.15, -0.1) is 0 Å². The highest BCUT2D eigenvalue weighted by Gasteiger charge is 2.46. The van der Waals surface area contributed by atoms with Crippen molar-refractivity contribution < 1.29 is 4.79 Å². The van der Waals surface area contributed by atoms with Gasteiger partial charge in [-0.2, -0.15) is 0 Å². The Labute approximate surface area is 134 Å². The number of carbonyl (C=O) groups is 1. The minimum atomic E-state index is -0.0451. The van der Waals surface area contributed by atoms with Gasteiger partial charge in [0.15, 0.2) is 0 Å². The van der Waals surface area contributed by atoms with Crippen molar-refractivity contribution in [3.8, 4) is 0 Å². The summed E-state index contributed by atoms with van der Waals surface area (Å²) in [5, 5.41) is 0. The van der Waals surface area contributed by atoms with Crippen molar-refractivity contribution in [2.24, 2.45) is 5.41 Å². The standard InChI is InChI=1S/C19H28N2O/c1-3-21-14-11-19(18(21)22)9-6-12-20(13-10-19)15-17-8-5-4-7-16(17)2/h4-5,7-8H,3,6,9-15H2,1-2H3. The Bertz CT molecular complexity index is 542. The van der Waals surface area contributed by atoms with Gasteiger partial charge < -0.3 is 4.90 Å². The highest BCUT2D eigenvalue weighted by Crippen LogP contribution is 2.41. The van der Waals surface area contributed by atoms with Gasteiger partial charge in [0.1, 0.15) is 0 Å². The van der Waals surface area contributed by atoms with E-state index in [1.54, 1.807) is 0 Å². The molecule has 0 saturated carbocycles. The number of likely N-dealkylation sites (tertiary alicyclic amines) is 2. The molecular formula is C19H28N2O. The molecule has 0 N–H and O–H groups in total. The highest BCUT2D eigenvalue weighted by atomic mass is 16.2. The van der Waals surface area contributed by atoms with Gasteiger partial charge in [-0.3, -0.25) is 9.69 Å². The molecule has 120 valence electrons. The lowest BCUT2D eigenvalue weighted by molar-refractivity contribution is -0.136. The van der Waals surface area contributed by atoms with Crippen LogP contribution in [0.1, 0.15) is 43.7 Å². The van der Waals surface area contributed by atoms with Crippen molar-refractivity contribution in [2.45, 2.75) is 46.1 Å². The first-order valence-electron chi connectivity index (χ1n) is 8.71. The second-order valence-electron chi connectivity index (χ2n) is 6.97. The minimum absolute atomic E-state index is 0.0451. The maximum Gasteiger partial charge on any atom is 0.228 e. The van der Waals surface area contributed by atoms with E-state index in [0.29, 0.717) is 5.91 Å². The number of hydrogen-bond donors (Lipinski definition) is 0. The molecule has 1 aromatic rings. The predicted octanol–water partition coefficient (Wildman–Crippen LogP) is 3.22. The molecule has 0 radical (unpaired) electrons. The van der Waals surface area contributed by atoms with Crippen molar-refractivity contribution in [3.05, 3.63) is 35.4 Å². The van der Waals surface area contributed by atoms with Crippen molar-refractivity contribution in [2.75, 3.05) is 26.2 Å². The summed E-state index contributed by atoms with van der Waals surface area (Å²) >= 11 is 0. The molecule has 0 aromatic heterocycles. The molecule has 1 spiro atoms. The van der Waals surface area contributed by atoms with Crippen LogP contribution in [0.3, 0.4) is 0 Å². The first-order chi connectivity index (χ1) is 10.6. The molecule has 3 rings (SSSR count). The Balaban J connectivity index is 1.66. The van der Waals surface area contributed by atoms with Crippen LogP contribution >= 0.6 is 0 Å². The summed E-state index contributed by atoms with van der Waals surface area (Å²) in [4.78, 5) is 17.3. The van der Waals surface area contributed by atoms with Crippen molar-refractivity contribution in [1.82, 2.24) is 9.80 Å². The Morgan fingerprint density at radius 1 is 1.09 bits per heavy atom.